The van der Waals surface area contributed by atoms with Gasteiger partial charge >= 0.3 is 0 Å². The van der Waals surface area contributed by atoms with Crippen LogP contribution in [0.4, 0.5) is 16.0 Å². The molecule has 1 aromatic carbocycles. The van der Waals surface area contributed by atoms with Crippen molar-refractivity contribution in [2.45, 2.75) is 31.9 Å². The number of nitrogens with one attached hydrogen (secondary N) is 2. The molecule has 1 aliphatic heterocycles. The SMILES string of the molecule is CN(C)Cc1cnc(N2CCC(c3nc(COc4ccc(N/C=N\N=N)cc4F)cs3)CC2)nc1O. The van der Waals surface area contributed by atoms with Gasteiger partial charge in [0.05, 0.1) is 10.7 Å². The van der Waals surface area contributed by atoms with Crippen LogP contribution in [-0.4, -0.2) is 58.5 Å². The topological polar surface area (TPSA) is 135 Å². The van der Waals surface area contributed by atoms with Crippen molar-refractivity contribution in [1.29, 1.82) is 5.53 Å². The molecule has 1 saturated heterocycles. The summed E-state index contributed by atoms with van der Waals surface area (Å²) in [4.78, 5) is 17.5. The molecule has 0 saturated carbocycles. The Bertz CT molecular complexity index is 1210. The highest BCUT2D eigenvalue weighted by Gasteiger charge is 2.25. The molecule has 0 radical (unpaired) electrons. The fraction of sp³-hybridized carbons (Fsp3) is 0.391. The Labute approximate surface area is 212 Å². The van der Waals surface area contributed by atoms with E-state index in [0.29, 0.717) is 29.7 Å². The van der Waals surface area contributed by atoms with Gasteiger partial charge in [0.15, 0.2) is 11.6 Å². The zero-order valence-corrected chi connectivity index (χ0v) is 20.9. The van der Waals surface area contributed by atoms with Gasteiger partial charge < -0.3 is 25.0 Å². The van der Waals surface area contributed by atoms with Crippen LogP contribution < -0.4 is 15.0 Å². The number of aromatic nitrogens is 3. The van der Waals surface area contributed by atoms with E-state index in [1.807, 2.05) is 24.4 Å². The van der Waals surface area contributed by atoms with Crippen LogP contribution in [0.2, 0.25) is 0 Å². The van der Waals surface area contributed by atoms with Gasteiger partial charge in [0.1, 0.15) is 12.9 Å². The molecule has 1 aliphatic rings. The number of rotatable bonds is 10. The van der Waals surface area contributed by atoms with Crippen LogP contribution >= 0.6 is 11.3 Å². The summed E-state index contributed by atoms with van der Waals surface area (Å²) in [5.41, 5.74) is 8.53. The van der Waals surface area contributed by atoms with Crippen molar-refractivity contribution in [3.05, 3.63) is 51.9 Å². The highest BCUT2D eigenvalue weighted by molar-refractivity contribution is 7.09. The second-order valence-electron chi connectivity index (χ2n) is 8.62. The van der Waals surface area contributed by atoms with Crippen molar-refractivity contribution in [1.82, 2.24) is 19.9 Å². The van der Waals surface area contributed by atoms with E-state index in [1.54, 1.807) is 23.6 Å². The summed E-state index contributed by atoms with van der Waals surface area (Å²) in [5.74, 6) is 0.508. The van der Waals surface area contributed by atoms with Crippen molar-refractivity contribution in [2.75, 3.05) is 37.4 Å². The Morgan fingerprint density at radius 3 is 2.83 bits per heavy atom. The van der Waals surface area contributed by atoms with E-state index in [2.05, 4.69) is 30.5 Å². The zero-order valence-electron chi connectivity index (χ0n) is 20.1. The third kappa shape index (κ3) is 6.49. The van der Waals surface area contributed by atoms with Gasteiger partial charge in [-0.3, -0.25) is 0 Å². The molecule has 11 nitrogen and oxygen atoms in total. The fourth-order valence-corrected chi connectivity index (χ4v) is 4.86. The predicted octanol–water partition coefficient (Wildman–Crippen LogP) is 4.19. The number of thiazole rings is 1. The summed E-state index contributed by atoms with van der Waals surface area (Å²) in [6.45, 7) is 2.30. The molecule has 1 fully saturated rings. The Hall–Kier alpha value is -3.71. The molecule has 2 aromatic heterocycles. The maximum absolute atomic E-state index is 14.3. The molecular weight excluding hydrogens is 485 g/mol. The number of ether oxygens (including phenoxy) is 1. The number of benzene rings is 1. The molecule has 3 N–H and O–H groups in total. The number of anilines is 2. The Kier molecular flexibility index (Phi) is 8.33. The van der Waals surface area contributed by atoms with E-state index in [4.69, 9.17) is 15.3 Å². The zero-order chi connectivity index (χ0) is 25.5. The summed E-state index contributed by atoms with van der Waals surface area (Å²) in [6.07, 6.45) is 4.69. The van der Waals surface area contributed by atoms with Gasteiger partial charge in [-0.2, -0.15) is 10.5 Å². The van der Waals surface area contributed by atoms with E-state index in [0.717, 1.165) is 36.6 Å². The van der Waals surface area contributed by atoms with Crippen molar-refractivity contribution >= 4 is 29.3 Å². The van der Waals surface area contributed by atoms with Gasteiger partial charge in [-0.05, 0) is 39.1 Å². The summed E-state index contributed by atoms with van der Waals surface area (Å²) in [6, 6.07) is 4.46. The number of aromatic hydroxyl groups is 1. The summed E-state index contributed by atoms with van der Waals surface area (Å²) >= 11 is 1.59. The van der Waals surface area contributed by atoms with Gasteiger partial charge in [-0.1, -0.05) is 5.22 Å². The van der Waals surface area contributed by atoms with Crippen molar-refractivity contribution in [2.24, 2.45) is 10.3 Å². The monoisotopic (exact) mass is 513 g/mol. The number of nitrogens with zero attached hydrogens (tertiary/aromatic N) is 7. The van der Waals surface area contributed by atoms with Gasteiger partial charge in [0.25, 0.3) is 0 Å². The Balaban J connectivity index is 1.29. The van der Waals surface area contributed by atoms with Gasteiger partial charge in [-0.25, -0.2) is 14.4 Å². The summed E-state index contributed by atoms with van der Waals surface area (Å²) < 4.78 is 19.9. The Morgan fingerprint density at radius 2 is 2.14 bits per heavy atom. The van der Waals surface area contributed by atoms with Gasteiger partial charge in [0.2, 0.25) is 11.8 Å². The van der Waals surface area contributed by atoms with Gasteiger partial charge in [-0.15, -0.1) is 16.4 Å². The number of hydrogen-bond donors (Lipinski definition) is 3. The van der Waals surface area contributed by atoms with Crippen LogP contribution in [0.5, 0.6) is 11.6 Å². The number of piperidine rings is 1. The lowest BCUT2D eigenvalue weighted by Crippen LogP contribution is -2.34. The summed E-state index contributed by atoms with van der Waals surface area (Å²) in [7, 11) is 3.86. The largest absolute Gasteiger partial charge is 0.493 e. The first-order valence-corrected chi connectivity index (χ1v) is 12.3. The fourth-order valence-electron chi connectivity index (χ4n) is 3.89. The van der Waals surface area contributed by atoms with Crippen LogP contribution in [-0.2, 0) is 13.2 Å². The maximum atomic E-state index is 14.3. The maximum Gasteiger partial charge on any atom is 0.228 e. The Morgan fingerprint density at radius 1 is 1.33 bits per heavy atom. The quantitative estimate of drug-likeness (QED) is 0.159. The third-order valence-corrected chi connectivity index (χ3v) is 6.72. The van der Waals surface area contributed by atoms with Crippen molar-refractivity contribution in [3.63, 3.8) is 0 Å². The van der Waals surface area contributed by atoms with E-state index < -0.39 is 5.82 Å². The molecule has 190 valence electrons. The van der Waals surface area contributed by atoms with Crippen LogP contribution in [0.3, 0.4) is 0 Å². The van der Waals surface area contributed by atoms with Crippen LogP contribution in [0.25, 0.3) is 0 Å². The molecule has 36 heavy (non-hydrogen) atoms. The molecule has 4 rings (SSSR count). The van der Waals surface area contributed by atoms with Crippen LogP contribution in [0.1, 0.15) is 35.0 Å². The normalized spacial score (nSPS) is 14.5. The predicted molar refractivity (Wildman–Crippen MR) is 135 cm³/mol. The first-order chi connectivity index (χ1) is 17.4. The number of halogens is 1. The van der Waals surface area contributed by atoms with E-state index in [9.17, 15) is 9.50 Å². The average Bonchev–Trinajstić information content (AvgIpc) is 3.34. The van der Waals surface area contributed by atoms with E-state index >= 15 is 0 Å². The molecular formula is C23H28FN9O2S. The van der Waals surface area contributed by atoms with E-state index in [-0.39, 0.29) is 18.2 Å². The minimum absolute atomic E-state index is 0.0247. The lowest BCUT2D eigenvalue weighted by atomic mass is 9.98. The van der Waals surface area contributed by atoms with Crippen molar-refractivity contribution in [3.8, 4) is 11.6 Å². The minimum Gasteiger partial charge on any atom is -0.493 e. The van der Waals surface area contributed by atoms with Crippen LogP contribution in [0, 0.1) is 11.3 Å². The first kappa shape index (κ1) is 25.4. The summed E-state index contributed by atoms with van der Waals surface area (Å²) in [5, 5.41) is 22.1. The highest BCUT2D eigenvalue weighted by Crippen LogP contribution is 2.32. The molecule has 0 unspecified atom stereocenters. The average molecular weight is 514 g/mol. The lowest BCUT2D eigenvalue weighted by Gasteiger charge is -2.31. The standard InChI is InChI=1S/C23H28FN9O2S/c1-32(2)11-16-10-26-23(30-21(16)34)33-7-5-15(6-8-33)22-29-18(13-36-22)12-35-20-4-3-17(9-19(20)24)27-14-28-31-25/h3-4,9-10,13-15H,5-8,11-12H2,1-2H3,(H2,25,27,28)(H,26,30,34). The number of hydrogen-bond acceptors (Lipinski definition) is 10. The van der Waals surface area contributed by atoms with E-state index in [1.165, 1.54) is 18.5 Å². The second kappa shape index (κ2) is 11.8. The third-order valence-electron chi connectivity index (χ3n) is 5.67. The molecule has 0 atom stereocenters. The molecule has 0 amide bonds. The van der Waals surface area contributed by atoms with Gasteiger partial charge in [0, 0.05) is 54.4 Å². The minimum atomic E-state index is -0.512. The molecule has 0 aliphatic carbocycles. The van der Waals surface area contributed by atoms with Crippen molar-refractivity contribution < 1.29 is 14.2 Å². The first-order valence-electron chi connectivity index (χ1n) is 11.4. The second-order valence-corrected chi connectivity index (χ2v) is 9.51. The van der Waals surface area contributed by atoms with Crippen LogP contribution in [0.15, 0.2) is 40.1 Å². The molecule has 13 heteroatoms. The lowest BCUT2D eigenvalue weighted by molar-refractivity contribution is 0.286. The highest BCUT2D eigenvalue weighted by atomic mass is 32.1. The molecule has 3 aromatic rings. The molecule has 0 bridgehead atoms. The molecule has 3 heterocycles. The molecule has 0 spiro atoms. The smallest absolute Gasteiger partial charge is 0.228 e.